The molecule has 0 aliphatic carbocycles. The van der Waals surface area contributed by atoms with E-state index in [0.717, 1.165) is 11.4 Å². The van der Waals surface area contributed by atoms with E-state index in [-0.39, 0.29) is 10.9 Å². The Morgan fingerprint density at radius 2 is 1.66 bits per heavy atom. The van der Waals surface area contributed by atoms with Crippen LogP contribution in [0.15, 0.2) is 59.7 Å². The van der Waals surface area contributed by atoms with Gasteiger partial charge >= 0.3 is 0 Å². The van der Waals surface area contributed by atoms with Crippen LogP contribution in [-0.2, 0) is 4.79 Å². The largest absolute Gasteiger partial charge is 0.360 e. The summed E-state index contributed by atoms with van der Waals surface area (Å²) in [5.74, 6) is -0.954. The summed E-state index contributed by atoms with van der Waals surface area (Å²) < 4.78 is 14.2. The Hall–Kier alpha value is -3.48. The van der Waals surface area contributed by atoms with E-state index >= 15 is 0 Å². The van der Waals surface area contributed by atoms with Gasteiger partial charge in [0.1, 0.15) is 11.7 Å². The van der Waals surface area contributed by atoms with Crippen LogP contribution in [0.5, 0.6) is 0 Å². The number of fused-ring (bicyclic) bond motifs is 1. The molecule has 0 spiro atoms. The summed E-state index contributed by atoms with van der Waals surface area (Å²) in [5, 5.41) is 0.161. The van der Waals surface area contributed by atoms with Crippen LogP contribution in [0.4, 0.5) is 4.39 Å². The molecule has 1 N–H and O–H groups in total. The predicted molar refractivity (Wildman–Crippen MR) is 110 cm³/mol. The van der Waals surface area contributed by atoms with Crippen LogP contribution in [0, 0.1) is 5.82 Å². The maximum atomic E-state index is 14.2. The number of hydrogen-bond acceptors (Lipinski definition) is 3. The fraction of sp³-hybridized carbons (Fsp3) is 0.227. The summed E-state index contributed by atoms with van der Waals surface area (Å²) in [6, 6.07) is 14.4. The Kier molecular flexibility index (Phi) is 5.12. The number of carbonyl (C=O) groups excluding carboxylic acids is 2. The van der Waals surface area contributed by atoms with Gasteiger partial charge in [0.05, 0.1) is 5.56 Å². The highest BCUT2D eigenvalue weighted by molar-refractivity contribution is 6.44. The lowest BCUT2D eigenvalue weighted by Crippen LogP contribution is -2.52. The lowest BCUT2D eigenvalue weighted by Gasteiger charge is -2.36. The molecule has 0 unspecified atom stereocenters. The van der Waals surface area contributed by atoms with Crippen molar-refractivity contribution in [1.82, 2.24) is 14.8 Å². The van der Waals surface area contributed by atoms with Gasteiger partial charge in [0.25, 0.3) is 11.7 Å². The van der Waals surface area contributed by atoms with Gasteiger partial charge in [0.15, 0.2) is 0 Å². The van der Waals surface area contributed by atoms with Crippen molar-refractivity contribution in [2.24, 2.45) is 4.99 Å². The molecule has 2 heterocycles. The van der Waals surface area contributed by atoms with Crippen molar-refractivity contribution < 1.29 is 14.0 Å². The molecule has 29 heavy (non-hydrogen) atoms. The number of Topliss-reactive ketones (excluding diaryl/α,β-unsaturated/α-hetero) is 1. The first kappa shape index (κ1) is 18.9. The van der Waals surface area contributed by atoms with Gasteiger partial charge in [-0.3, -0.25) is 14.6 Å². The molecule has 1 amide bonds. The van der Waals surface area contributed by atoms with Gasteiger partial charge in [0, 0.05) is 55.9 Å². The number of aliphatic imine (C=N–C) groups is 1. The van der Waals surface area contributed by atoms with Gasteiger partial charge in [-0.1, -0.05) is 36.4 Å². The second-order valence-corrected chi connectivity index (χ2v) is 6.89. The summed E-state index contributed by atoms with van der Waals surface area (Å²) in [6.07, 6.45) is 1.40. The van der Waals surface area contributed by atoms with Crippen LogP contribution in [0.3, 0.4) is 0 Å². The summed E-state index contributed by atoms with van der Waals surface area (Å²) in [6.45, 7) is 1.95. The Labute approximate surface area is 167 Å². The summed E-state index contributed by atoms with van der Waals surface area (Å²) in [7, 11) is 1.74. The molecule has 0 saturated carbocycles. The topological polar surface area (TPSA) is 68.8 Å². The van der Waals surface area contributed by atoms with E-state index in [1.54, 1.807) is 19.2 Å². The minimum absolute atomic E-state index is 0.0747. The molecule has 0 radical (unpaired) electrons. The number of rotatable bonds is 3. The van der Waals surface area contributed by atoms with Crippen LogP contribution in [0.2, 0.25) is 0 Å². The highest BCUT2D eigenvalue weighted by Crippen LogP contribution is 2.22. The molecule has 1 saturated heterocycles. The molecular weight excluding hydrogens is 371 g/mol. The normalized spacial score (nSPS) is 15.0. The molecule has 1 aliphatic rings. The summed E-state index contributed by atoms with van der Waals surface area (Å²) in [5.41, 5.74) is 1.59. The molecule has 3 aromatic rings. The number of amidine groups is 1. The van der Waals surface area contributed by atoms with Crippen LogP contribution in [0.1, 0.15) is 15.9 Å². The standard InChI is InChI=1S/C22H21FN4O2/c1-24-21(15-6-3-2-4-7-15)26-10-12-27(13-11-26)22(29)20(28)16-14-25-18-9-5-8-17(23)19(16)18/h2-9,14,25H,10-13H2,1H3. The third-order valence-electron chi connectivity index (χ3n) is 5.20. The smallest absolute Gasteiger partial charge is 0.295 e. The number of benzene rings is 2. The van der Waals surface area contributed by atoms with Crippen molar-refractivity contribution in [3.8, 4) is 0 Å². The lowest BCUT2D eigenvalue weighted by molar-refractivity contribution is -0.127. The third-order valence-corrected chi connectivity index (χ3v) is 5.20. The second kappa shape index (κ2) is 7.87. The maximum Gasteiger partial charge on any atom is 0.295 e. The zero-order valence-electron chi connectivity index (χ0n) is 16.1. The first-order chi connectivity index (χ1) is 14.1. The van der Waals surface area contributed by atoms with E-state index in [1.807, 2.05) is 30.3 Å². The van der Waals surface area contributed by atoms with E-state index in [9.17, 15) is 14.0 Å². The minimum atomic E-state index is -0.692. The molecule has 1 aromatic heterocycles. The number of amides is 1. The van der Waals surface area contributed by atoms with Crippen molar-refractivity contribution in [2.75, 3.05) is 33.2 Å². The third kappa shape index (κ3) is 3.51. The number of ketones is 1. The fourth-order valence-corrected chi connectivity index (χ4v) is 3.74. The molecule has 6 nitrogen and oxygen atoms in total. The Morgan fingerprint density at radius 3 is 2.34 bits per heavy atom. The van der Waals surface area contributed by atoms with Crippen molar-refractivity contribution in [2.45, 2.75) is 0 Å². The quantitative estimate of drug-likeness (QED) is 0.323. The Bertz CT molecular complexity index is 1080. The van der Waals surface area contributed by atoms with Gasteiger partial charge in [-0.25, -0.2) is 4.39 Å². The number of aromatic nitrogens is 1. The van der Waals surface area contributed by atoms with Gasteiger partial charge < -0.3 is 14.8 Å². The van der Waals surface area contributed by atoms with Crippen LogP contribution >= 0.6 is 0 Å². The monoisotopic (exact) mass is 392 g/mol. The number of aromatic amines is 1. The molecule has 1 fully saturated rings. The van der Waals surface area contributed by atoms with Crippen molar-refractivity contribution in [3.05, 3.63) is 71.7 Å². The first-order valence-electron chi connectivity index (χ1n) is 9.46. The number of piperazine rings is 1. The second-order valence-electron chi connectivity index (χ2n) is 6.89. The van der Waals surface area contributed by atoms with E-state index in [0.29, 0.717) is 31.7 Å². The van der Waals surface area contributed by atoms with Gasteiger partial charge in [-0.05, 0) is 12.1 Å². The molecule has 0 bridgehead atoms. The van der Waals surface area contributed by atoms with Crippen LogP contribution in [-0.4, -0.2) is 65.5 Å². The van der Waals surface area contributed by atoms with Gasteiger partial charge in [-0.15, -0.1) is 0 Å². The van der Waals surface area contributed by atoms with E-state index in [4.69, 9.17) is 0 Å². The molecular formula is C22H21FN4O2. The van der Waals surface area contributed by atoms with Crippen LogP contribution < -0.4 is 0 Å². The fourth-order valence-electron chi connectivity index (χ4n) is 3.74. The number of nitrogens with one attached hydrogen (secondary N) is 1. The zero-order chi connectivity index (χ0) is 20.4. The number of H-pyrrole nitrogens is 1. The van der Waals surface area contributed by atoms with Crippen LogP contribution in [0.25, 0.3) is 10.9 Å². The zero-order valence-corrected chi connectivity index (χ0v) is 16.1. The van der Waals surface area contributed by atoms with Crippen molar-refractivity contribution in [3.63, 3.8) is 0 Å². The highest BCUT2D eigenvalue weighted by Gasteiger charge is 2.30. The number of nitrogens with zero attached hydrogens (tertiary/aromatic N) is 3. The van der Waals surface area contributed by atoms with Crippen molar-refractivity contribution >= 4 is 28.4 Å². The first-order valence-corrected chi connectivity index (χ1v) is 9.46. The number of halogens is 1. The summed E-state index contributed by atoms with van der Waals surface area (Å²) >= 11 is 0. The highest BCUT2D eigenvalue weighted by atomic mass is 19.1. The van der Waals surface area contributed by atoms with Gasteiger partial charge in [-0.2, -0.15) is 0 Å². The Morgan fingerprint density at radius 1 is 0.966 bits per heavy atom. The number of carbonyl (C=O) groups is 2. The SMILES string of the molecule is CN=C(c1ccccc1)N1CCN(C(=O)C(=O)c2c[nH]c3cccc(F)c23)CC1. The molecule has 148 valence electrons. The lowest BCUT2D eigenvalue weighted by atomic mass is 10.1. The molecule has 1 aliphatic heterocycles. The average Bonchev–Trinajstić information content (AvgIpc) is 3.20. The maximum absolute atomic E-state index is 14.2. The van der Waals surface area contributed by atoms with E-state index < -0.39 is 17.5 Å². The molecule has 4 rings (SSSR count). The Balaban J connectivity index is 1.47. The molecule has 0 atom stereocenters. The number of hydrogen-bond donors (Lipinski definition) is 1. The molecule has 7 heteroatoms. The molecule has 2 aromatic carbocycles. The van der Waals surface area contributed by atoms with Crippen molar-refractivity contribution in [1.29, 1.82) is 0 Å². The predicted octanol–water partition coefficient (Wildman–Crippen LogP) is 2.71. The van der Waals surface area contributed by atoms with E-state index in [2.05, 4.69) is 14.9 Å². The minimum Gasteiger partial charge on any atom is -0.360 e. The van der Waals surface area contributed by atoms with Gasteiger partial charge in [0.2, 0.25) is 0 Å². The summed E-state index contributed by atoms with van der Waals surface area (Å²) in [4.78, 5) is 36.4. The van der Waals surface area contributed by atoms with E-state index in [1.165, 1.54) is 17.2 Å². The average molecular weight is 392 g/mol.